The Morgan fingerprint density at radius 3 is 2.63 bits per heavy atom. The summed E-state index contributed by atoms with van der Waals surface area (Å²) in [6.07, 6.45) is 7.34. The summed E-state index contributed by atoms with van der Waals surface area (Å²) < 4.78 is 11.8. The third kappa shape index (κ3) is 2.87. The van der Waals surface area contributed by atoms with Crippen molar-refractivity contribution in [3.05, 3.63) is 23.1 Å². The minimum absolute atomic E-state index is 0.578. The van der Waals surface area contributed by atoms with Gasteiger partial charge in [0.1, 0.15) is 11.8 Å². The molecule has 0 atom stereocenters. The van der Waals surface area contributed by atoms with E-state index < -0.39 is 0 Å². The molecule has 3 aromatic heterocycles. The molecule has 0 bridgehead atoms. The molecule has 0 aromatic carbocycles. The lowest BCUT2D eigenvalue weighted by molar-refractivity contribution is 0.122. The number of ether oxygens (including phenoxy) is 1. The zero-order valence-electron chi connectivity index (χ0n) is 16.1. The van der Waals surface area contributed by atoms with Crippen LogP contribution in [-0.4, -0.2) is 41.3 Å². The van der Waals surface area contributed by atoms with Gasteiger partial charge in [-0.05, 0) is 49.1 Å². The first-order valence-electron chi connectivity index (χ1n) is 10.1. The molecular weight excluding hydrogens is 340 g/mol. The number of anilines is 1. The summed E-state index contributed by atoms with van der Waals surface area (Å²) in [5.41, 5.74) is 6.49. The number of hydrogen-bond donors (Lipinski definition) is 0. The molecule has 142 valence electrons. The molecule has 0 radical (unpaired) electrons. The minimum atomic E-state index is 0.578. The van der Waals surface area contributed by atoms with Gasteiger partial charge in [-0.1, -0.05) is 13.8 Å². The smallest absolute Gasteiger partial charge is 0.229 e. The van der Waals surface area contributed by atoms with Crippen LogP contribution in [0.5, 0.6) is 0 Å². The van der Waals surface area contributed by atoms with E-state index in [1.807, 2.05) is 0 Å². The largest absolute Gasteiger partial charge is 0.432 e. The number of aryl methyl sites for hydroxylation is 1. The molecule has 3 aromatic rings. The van der Waals surface area contributed by atoms with Crippen LogP contribution in [-0.2, 0) is 24.0 Å². The Balaban J connectivity index is 1.74. The van der Waals surface area contributed by atoms with Gasteiger partial charge in [-0.15, -0.1) is 0 Å². The summed E-state index contributed by atoms with van der Waals surface area (Å²) in [7, 11) is 0. The molecule has 0 spiro atoms. The molecule has 2 aliphatic rings. The van der Waals surface area contributed by atoms with Gasteiger partial charge >= 0.3 is 0 Å². The number of aromatic nitrogens is 3. The maximum Gasteiger partial charge on any atom is 0.229 e. The van der Waals surface area contributed by atoms with E-state index in [4.69, 9.17) is 14.1 Å². The predicted molar refractivity (Wildman–Crippen MR) is 105 cm³/mol. The van der Waals surface area contributed by atoms with Crippen molar-refractivity contribution in [1.29, 1.82) is 0 Å². The highest BCUT2D eigenvalue weighted by Gasteiger charge is 2.26. The van der Waals surface area contributed by atoms with Gasteiger partial charge in [0.15, 0.2) is 11.4 Å². The first kappa shape index (κ1) is 16.9. The topological polar surface area (TPSA) is 64.3 Å². The normalized spacial score (nSPS) is 17.8. The molecule has 0 N–H and O–H groups in total. The van der Waals surface area contributed by atoms with Gasteiger partial charge in [0.05, 0.1) is 18.6 Å². The van der Waals surface area contributed by atoms with Crippen LogP contribution in [0.2, 0.25) is 0 Å². The predicted octanol–water partition coefficient (Wildman–Crippen LogP) is 3.68. The van der Waals surface area contributed by atoms with Crippen molar-refractivity contribution in [2.24, 2.45) is 5.92 Å². The van der Waals surface area contributed by atoms with Gasteiger partial charge in [-0.2, -0.15) is 0 Å². The Bertz CT molecular complexity index is 989. The van der Waals surface area contributed by atoms with Crippen molar-refractivity contribution in [3.63, 3.8) is 0 Å². The summed E-state index contributed by atoms with van der Waals surface area (Å²) >= 11 is 0. The fourth-order valence-corrected chi connectivity index (χ4v) is 4.48. The lowest BCUT2D eigenvalue weighted by Gasteiger charge is -2.27. The van der Waals surface area contributed by atoms with E-state index >= 15 is 0 Å². The molecular formula is C21H26N4O2. The van der Waals surface area contributed by atoms with Crippen LogP contribution in [0.15, 0.2) is 10.7 Å². The van der Waals surface area contributed by atoms with Crippen LogP contribution < -0.4 is 4.90 Å². The number of furan rings is 1. The zero-order valence-corrected chi connectivity index (χ0v) is 16.1. The zero-order chi connectivity index (χ0) is 18.4. The lowest BCUT2D eigenvalue weighted by Crippen LogP contribution is -2.36. The lowest BCUT2D eigenvalue weighted by atomic mass is 9.87. The van der Waals surface area contributed by atoms with Gasteiger partial charge in [0.25, 0.3) is 0 Å². The molecule has 6 heteroatoms. The molecule has 0 unspecified atom stereocenters. The summed E-state index contributed by atoms with van der Waals surface area (Å²) in [6.45, 7) is 7.60. The summed E-state index contributed by atoms with van der Waals surface area (Å²) in [5, 5.41) is 1.11. The third-order valence-corrected chi connectivity index (χ3v) is 5.70. The standard InChI is InChI=1S/C21H26N4O2/c1-13(2)11-16-14-5-3-4-6-15(14)17-18-19(27-21(17)24-16)20(23-12-22-18)25-7-9-26-10-8-25/h12-13H,3-11H2,1-2H3. The molecule has 27 heavy (non-hydrogen) atoms. The Kier molecular flexibility index (Phi) is 4.23. The van der Waals surface area contributed by atoms with Crippen molar-refractivity contribution in [1.82, 2.24) is 15.0 Å². The number of rotatable bonds is 3. The third-order valence-electron chi connectivity index (χ3n) is 5.70. The first-order chi connectivity index (χ1) is 13.2. The maximum atomic E-state index is 6.31. The van der Waals surface area contributed by atoms with Crippen molar-refractivity contribution >= 4 is 28.0 Å². The van der Waals surface area contributed by atoms with Gasteiger partial charge in [-0.3, -0.25) is 0 Å². The molecule has 0 amide bonds. The van der Waals surface area contributed by atoms with E-state index in [0.29, 0.717) is 5.92 Å². The summed E-state index contributed by atoms with van der Waals surface area (Å²) in [4.78, 5) is 16.4. The van der Waals surface area contributed by atoms with Gasteiger partial charge in [-0.25, -0.2) is 15.0 Å². The molecule has 1 aliphatic carbocycles. The monoisotopic (exact) mass is 366 g/mol. The highest BCUT2D eigenvalue weighted by atomic mass is 16.5. The van der Waals surface area contributed by atoms with Gasteiger partial charge < -0.3 is 14.1 Å². The molecule has 1 fully saturated rings. The fraction of sp³-hybridized carbons (Fsp3) is 0.571. The average molecular weight is 366 g/mol. The van der Waals surface area contributed by atoms with Crippen LogP contribution in [0.1, 0.15) is 43.5 Å². The second kappa shape index (κ2) is 6.75. The van der Waals surface area contributed by atoms with E-state index in [1.165, 1.54) is 29.7 Å². The molecule has 4 heterocycles. The molecule has 1 aliphatic heterocycles. The van der Waals surface area contributed by atoms with Crippen molar-refractivity contribution in [2.45, 2.75) is 46.0 Å². The number of pyridine rings is 1. The van der Waals surface area contributed by atoms with Crippen LogP contribution in [0.4, 0.5) is 5.82 Å². The summed E-state index contributed by atoms with van der Waals surface area (Å²) in [5.74, 6) is 1.45. The van der Waals surface area contributed by atoms with Crippen molar-refractivity contribution in [3.8, 4) is 0 Å². The Morgan fingerprint density at radius 2 is 1.85 bits per heavy atom. The fourth-order valence-electron chi connectivity index (χ4n) is 4.48. The van der Waals surface area contributed by atoms with Crippen LogP contribution in [0, 0.1) is 5.92 Å². The first-order valence-corrected chi connectivity index (χ1v) is 10.1. The van der Waals surface area contributed by atoms with Gasteiger partial charge in [0, 0.05) is 18.8 Å². The van der Waals surface area contributed by atoms with E-state index in [2.05, 4.69) is 28.7 Å². The van der Waals surface area contributed by atoms with Crippen LogP contribution >= 0.6 is 0 Å². The average Bonchev–Trinajstić information content (AvgIpc) is 3.07. The molecule has 6 nitrogen and oxygen atoms in total. The van der Waals surface area contributed by atoms with Crippen molar-refractivity contribution in [2.75, 3.05) is 31.2 Å². The number of nitrogens with zero attached hydrogens (tertiary/aromatic N) is 4. The number of fused-ring (bicyclic) bond motifs is 5. The molecule has 0 saturated carbocycles. The van der Waals surface area contributed by atoms with Gasteiger partial charge in [0.2, 0.25) is 5.71 Å². The Hall–Kier alpha value is -2.21. The van der Waals surface area contributed by atoms with E-state index in [0.717, 1.165) is 73.6 Å². The number of morpholine rings is 1. The number of hydrogen-bond acceptors (Lipinski definition) is 6. The highest BCUT2D eigenvalue weighted by Crippen LogP contribution is 2.38. The van der Waals surface area contributed by atoms with Crippen LogP contribution in [0.25, 0.3) is 22.2 Å². The SMILES string of the molecule is CC(C)Cc1nc2oc3c(N4CCOCC4)ncnc3c2c2c1CCCC2. The van der Waals surface area contributed by atoms with Crippen LogP contribution in [0.3, 0.4) is 0 Å². The van der Waals surface area contributed by atoms with E-state index in [9.17, 15) is 0 Å². The van der Waals surface area contributed by atoms with E-state index in [1.54, 1.807) is 6.33 Å². The maximum absolute atomic E-state index is 6.31. The van der Waals surface area contributed by atoms with E-state index in [-0.39, 0.29) is 0 Å². The highest BCUT2D eigenvalue weighted by molar-refractivity contribution is 6.06. The molecule has 5 rings (SSSR count). The quantitative estimate of drug-likeness (QED) is 0.704. The second-order valence-corrected chi connectivity index (χ2v) is 8.08. The van der Waals surface area contributed by atoms with Crippen molar-refractivity contribution < 1.29 is 9.15 Å². The minimum Gasteiger partial charge on any atom is -0.432 e. The molecule has 1 saturated heterocycles. The summed E-state index contributed by atoms with van der Waals surface area (Å²) in [6, 6.07) is 0. The Labute approximate surface area is 158 Å². The second-order valence-electron chi connectivity index (χ2n) is 8.08. The Morgan fingerprint density at radius 1 is 1.07 bits per heavy atom.